The van der Waals surface area contributed by atoms with Crippen LogP contribution in [0.2, 0.25) is 0 Å². The van der Waals surface area contributed by atoms with Crippen molar-refractivity contribution in [3.8, 4) is 0 Å². The summed E-state index contributed by atoms with van der Waals surface area (Å²) in [6, 6.07) is 0. The standard InChI is InChI=1S/C14H24N2S/c1-4-10(3)14-16-13-11(9-15-5-2)7-6-8-12(13)17-14/h10-11,15H,4-9H2,1-3H3. The summed E-state index contributed by atoms with van der Waals surface area (Å²) in [6.45, 7) is 8.89. The van der Waals surface area contributed by atoms with Gasteiger partial charge in [-0.25, -0.2) is 4.98 Å². The van der Waals surface area contributed by atoms with Crippen LogP contribution in [0.3, 0.4) is 0 Å². The molecule has 0 spiro atoms. The first-order valence-electron chi connectivity index (χ1n) is 6.96. The Morgan fingerprint density at radius 3 is 3.00 bits per heavy atom. The number of aromatic nitrogens is 1. The van der Waals surface area contributed by atoms with Gasteiger partial charge in [-0.2, -0.15) is 0 Å². The van der Waals surface area contributed by atoms with Crippen molar-refractivity contribution in [1.82, 2.24) is 10.3 Å². The van der Waals surface area contributed by atoms with Crippen LogP contribution < -0.4 is 5.32 Å². The van der Waals surface area contributed by atoms with Crippen molar-refractivity contribution in [3.63, 3.8) is 0 Å². The van der Waals surface area contributed by atoms with Crippen LogP contribution in [0.1, 0.15) is 67.4 Å². The van der Waals surface area contributed by atoms with Gasteiger partial charge in [-0.15, -0.1) is 11.3 Å². The Morgan fingerprint density at radius 1 is 1.47 bits per heavy atom. The van der Waals surface area contributed by atoms with E-state index in [0.717, 1.165) is 13.1 Å². The Morgan fingerprint density at radius 2 is 2.29 bits per heavy atom. The van der Waals surface area contributed by atoms with Crippen LogP contribution in [0.4, 0.5) is 0 Å². The van der Waals surface area contributed by atoms with Crippen LogP contribution >= 0.6 is 11.3 Å². The minimum atomic E-state index is 0.630. The van der Waals surface area contributed by atoms with Gasteiger partial charge in [0.15, 0.2) is 0 Å². The molecule has 1 aromatic rings. The van der Waals surface area contributed by atoms with E-state index >= 15 is 0 Å². The fourth-order valence-corrected chi connectivity index (χ4v) is 3.76. The zero-order valence-corrected chi connectivity index (χ0v) is 12.1. The van der Waals surface area contributed by atoms with E-state index < -0.39 is 0 Å². The fourth-order valence-electron chi connectivity index (χ4n) is 2.43. The number of nitrogens with one attached hydrogen (secondary N) is 1. The van der Waals surface area contributed by atoms with E-state index in [4.69, 9.17) is 4.98 Å². The van der Waals surface area contributed by atoms with Gasteiger partial charge < -0.3 is 5.32 Å². The second-order valence-electron chi connectivity index (χ2n) is 5.07. The van der Waals surface area contributed by atoms with E-state index in [2.05, 4.69) is 26.1 Å². The maximum absolute atomic E-state index is 4.93. The number of hydrogen-bond acceptors (Lipinski definition) is 3. The summed E-state index contributed by atoms with van der Waals surface area (Å²) >= 11 is 1.97. The van der Waals surface area contributed by atoms with Crippen LogP contribution in [0.25, 0.3) is 0 Å². The van der Waals surface area contributed by atoms with Gasteiger partial charge in [-0.3, -0.25) is 0 Å². The van der Waals surface area contributed by atoms with E-state index in [1.165, 1.54) is 36.4 Å². The molecule has 0 saturated carbocycles. The number of fused-ring (bicyclic) bond motifs is 1. The Kier molecular flexibility index (Phi) is 4.57. The maximum atomic E-state index is 4.93. The first-order valence-corrected chi connectivity index (χ1v) is 7.78. The average Bonchev–Trinajstić information content (AvgIpc) is 2.79. The molecular formula is C14H24N2S. The lowest BCUT2D eigenvalue weighted by Crippen LogP contribution is -2.24. The van der Waals surface area contributed by atoms with Crippen molar-refractivity contribution in [2.24, 2.45) is 0 Å². The van der Waals surface area contributed by atoms with Crippen LogP contribution in [0, 0.1) is 0 Å². The number of nitrogens with zero attached hydrogens (tertiary/aromatic N) is 1. The molecule has 1 aromatic heterocycles. The molecule has 1 aliphatic carbocycles. The molecule has 0 fully saturated rings. The third-order valence-electron chi connectivity index (χ3n) is 3.76. The molecule has 2 atom stereocenters. The molecule has 0 saturated heterocycles. The lowest BCUT2D eigenvalue weighted by molar-refractivity contribution is 0.507. The average molecular weight is 252 g/mol. The summed E-state index contributed by atoms with van der Waals surface area (Å²) in [5.74, 6) is 1.29. The first-order chi connectivity index (χ1) is 8.26. The van der Waals surface area contributed by atoms with Gasteiger partial charge in [0.25, 0.3) is 0 Å². The highest BCUT2D eigenvalue weighted by atomic mass is 32.1. The molecule has 0 aliphatic heterocycles. The Labute approximate surface area is 109 Å². The predicted molar refractivity (Wildman–Crippen MR) is 75.0 cm³/mol. The zero-order chi connectivity index (χ0) is 12.3. The Bertz CT molecular complexity index is 359. The number of thiazole rings is 1. The highest BCUT2D eigenvalue weighted by molar-refractivity contribution is 7.11. The van der Waals surface area contributed by atoms with Gasteiger partial charge in [-0.1, -0.05) is 20.8 Å². The molecule has 96 valence electrons. The van der Waals surface area contributed by atoms with Crippen molar-refractivity contribution < 1.29 is 0 Å². The third-order valence-corrected chi connectivity index (χ3v) is 5.12. The predicted octanol–water partition coefficient (Wildman–Crippen LogP) is 3.69. The maximum Gasteiger partial charge on any atom is 0.0959 e. The Balaban J connectivity index is 2.16. The molecule has 2 unspecified atom stereocenters. The summed E-state index contributed by atoms with van der Waals surface area (Å²) in [7, 11) is 0. The van der Waals surface area contributed by atoms with Crippen molar-refractivity contribution in [1.29, 1.82) is 0 Å². The number of hydrogen-bond donors (Lipinski definition) is 1. The van der Waals surface area contributed by atoms with Crippen molar-refractivity contribution in [2.75, 3.05) is 13.1 Å². The van der Waals surface area contributed by atoms with Gasteiger partial charge in [-0.05, 0) is 32.2 Å². The molecule has 3 heteroatoms. The number of likely N-dealkylation sites (N-methyl/N-ethyl adjacent to an activating group) is 1. The smallest absolute Gasteiger partial charge is 0.0959 e. The molecule has 1 N–H and O–H groups in total. The quantitative estimate of drug-likeness (QED) is 0.864. The monoisotopic (exact) mass is 252 g/mol. The lowest BCUT2D eigenvalue weighted by Gasteiger charge is -2.21. The lowest BCUT2D eigenvalue weighted by atomic mass is 9.91. The second-order valence-corrected chi connectivity index (χ2v) is 6.18. The van der Waals surface area contributed by atoms with E-state index in [1.54, 1.807) is 4.88 Å². The highest BCUT2D eigenvalue weighted by Crippen LogP contribution is 2.37. The van der Waals surface area contributed by atoms with Crippen LogP contribution in [0.15, 0.2) is 0 Å². The summed E-state index contributed by atoms with van der Waals surface area (Å²) in [5, 5.41) is 4.84. The van der Waals surface area contributed by atoms with Gasteiger partial charge in [0, 0.05) is 23.3 Å². The fraction of sp³-hybridized carbons (Fsp3) is 0.786. The molecule has 1 aliphatic rings. The Hall–Kier alpha value is -0.410. The van der Waals surface area contributed by atoms with Crippen molar-refractivity contribution in [3.05, 3.63) is 15.6 Å². The van der Waals surface area contributed by atoms with E-state index in [1.807, 2.05) is 11.3 Å². The van der Waals surface area contributed by atoms with Crippen molar-refractivity contribution >= 4 is 11.3 Å². The molecule has 0 amide bonds. The van der Waals surface area contributed by atoms with E-state index in [-0.39, 0.29) is 0 Å². The summed E-state index contributed by atoms with van der Waals surface area (Å²) in [5.41, 5.74) is 1.41. The van der Waals surface area contributed by atoms with E-state index in [9.17, 15) is 0 Å². The number of aryl methyl sites for hydroxylation is 1. The van der Waals surface area contributed by atoms with Crippen molar-refractivity contribution in [2.45, 2.75) is 58.3 Å². The summed E-state index contributed by atoms with van der Waals surface area (Å²) < 4.78 is 0. The molecule has 2 nitrogen and oxygen atoms in total. The van der Waals surface area contributed by atoms with Gasteiger partial charge in [0.1, 0.15) is 0 Å². The third kappa shape index (κ3) is 2.89. The van der Waals surface area contributed by atoms with Crippen LogP contribution in [-0.2, 0) is 6.42 Å². The first kappa shape index (κ1) is 13.0. The second kappa shape index (κ2) is 5.96. The molecule has 1 heterocycles. The molecule has 2 rings (SSSR count). The summed E-state index contributed by atoms with van der Waals surface area (Å²) in [4.78, 5) is 6.50. The van der Waals surface area contributed by atoms with E-state index in [0.29, 0.717) is 11.8 Å². The summed E-state index contributed by atoms with van der Waals surface area (Å²) in [6.07, 6.45) is 5.10. The normalized spacial score (nSPS) is 21.2. The largest absolute Gasteiger partial charge is 0.316 e. The molecule has 0 bridgehead atoms. The van der Waals surface area contributed by atoms with Crippen LogP contribution in [-0.4, -0.2) is 18.1 Å². The van der Waals surface area contributed by atoms with Gasteiger partial charge in [0.05, 0.1) is 10.7 Å². The number of rotatable bonds is 5. The van der Waals surface area contributed by atoms with Gasteiger partial charge in [0.2, 0.25) is 0 Å². The zero-order valence-electron chi connectivity index (χ0n) is 11.3. The van der Waals surface area contributed by atoms with Crippen LogP contribution in [0.5, 0.6) is 0 Å². The molecule has 0 radical (unpaired) electrons. The minimum absolute atomic E-state index is 0.630. The molecule has 17 heavy (non-hydrogen) atoms. The van der Waals surface area contributed by atoms with Gasteiger partial charge >= 0.3 is 0 Å². The minimum Gasteiger partial charge on any atom is -0.316 e. The molecular weight excluding hydrogens is 228 g/mol. The highest BCUT2D eigenvalue weighted by Gasteiger charge is 2.25. The molecule has 0 aromatic carbocycles. The SMILES string of the molecule is CCNCC1CCCc2sc(C(C)CC)nc21. The topological polar surface area (TPSA) is 24.9 Å².